The molecule has 8 heteroatoms. The molecule has 3 aliphatic carbocycles. The molecule has 0 spiro atoms. The molecule has 2 aromatic carbocycles. The minimum Gasteiger partial charge on any atom is -0.318 e. The van der Waals surface area contributed by atoms with Crippen molar-refractivity contribution in [2.24, 2.45) is 22.1 Å². The molecule has 8 nitrogen and oxygen atoms in total. The number of nitrogens with zero attached hydrogens (tertiary/aromatic N) is 2. The van der Waals surface area contributed by atoms with Crippen molar-refractivity contribution in [3.05, 3.63) is 58.7 Å². The Balaban J connectivity index is 1.39. The van der Waals surface area contributed by atoms with E-state index >= 15 is 0 Å². The zero-order valence-corrected chi connectivity index (χ0v) is 29.8. The first-order valence-corrected chi connectivity index (χ1v) is 18.7. The number of benzene rings is 2. The molecule has 3 aliphatic rings. The van der Waals surface area contributed by atoms with E-state index in [1.165, 1.54) is 0 Å². The van der Waals surface area contributed by atoms with Crippen LogP contribution < -0.4 is 0 Å². The van der Waals surface area contributed by atoms with E-state index in [2.05, 4.69) is 31.1 Å². The zero-order valence-electron chi connectivity index (χ0n) is 29.8. The number of carbonyl (C=O) groups excluding carboxylic acids is 4. The van der Waals surface area contributed by atoms with Gasteiger partial charge in [0, 0.05) is 16.5 Å². The monoisotopic (exact) mass is 668 g/mol. The zero-order chi connectivity index (χ0) is 35.0. The van der Waals surface area contributed by atoms with E-state index in [1.807, 2.05) is 30.3 Å². The number of oxime groups is 2. The third-order valence-corrected chi connectivity index (χ3v) is 11.1. The normalized spacial score (nSPS) is 18.0. The van der Waals surface area contributed by atoms with Crippen LogP contribution in [0.2, 0.25) is 0 Å². The van der Waals surface area contributed by atoms with Crippen LogP contribution in [-0.2, 0) is 24.7 Å². The number of fused-ring (bicyclic) bond motifs is 3. The lowest BCUT2D eigenvalue weighted by Gasteiger charge is -2.30. The van der Waals surface area contributed by atoms with Gasteiger partial charge < -0.3 is 9.68 Å². The average molecular weight is 669 g/mol. The minimum absolute atomic E-state index is 0.130. The molecule has 2 saturated carbocycles. The largest absolute Gasteiger partial charge is 0.338 e. The quantitative estimate of drug-likeness (QED) is 0.0651. The van der Waals surface area contributed by atoms with Gasteiger partial charge in [0.2, 0.25) is 11.6 Å². The van der Waals surface area contributed by atoms with Crippen LogP contribution in [0.25, 0.3) is 11.1 Å². The lowest BCUT2D eigenvalue weighted by molar-refractivity contribution is -0.150. The maximum absolute atomic E-state index is 14.0. The molecule has 2 aromatic rings. The van der Waals surface area contributed by atoms with Crippen LogP contribution in [-0.4, -0.2) is 34.9 Å². The predicted molar refractivity (Wildman–Crippen MR) is 192 cm³/mol. The highest BCUT2D eigenvalue weighted by Gasteiger charge is 2.41. The molecule has 0 unspecified atom stereocenters. The van der Waals surface area contributed by atoms with Gasteiger partial charge >= 0.3 is 11.9 Å². The van der Waals surface area contributed by atoms with Crippen LogP contribution in [0.5, 0.6) is 0 Å². The van der Waals surface area contributed by atoms with Gasteiger partial charge in [-0.1, -0.05) is 107 Å². The van der Waals surface area contributed by atoms with E-state index < -0.39 is 5.41 Å². The van der Waals surface area contributed by atoms with Crippen LogP contribution in [0.1, 0.15) is 162 Å². The van der Waals surface area contributed by atoms with E-state index in [-0.39, 0.29) is 46.8 Å². The van der Waals surface area contributed by atoms with Gasteiger partial charge in [0.15, 0.2) is 0 Å². The summed E-state index contributed by atoms with van der Waals surface area (Å²) >= 11 is 0. The first-order valence-electron chi connectivity index (χ1n) is 18.7. The Morgan fingerprint density at radius 3 is 1.65 bits per heavy atom. The molecule has 0 saturated heterocycles. The van der Waals surface area contributed by atoms with Crippen LogP contribution in [0.15, 0.2) is 46.7 Å². The molecule has 0 bridgehead atoms. The van der Waals surface area contributed by atoms with Gasteiger partial charge in [-0.25, -0.2) is 9.59 Å². The number of hydrogen-bond donors (Lipinski definition) is 0. The summed E-state index contributed by atoms with van der Waals surface area (Å²) in [5.74, 6) is -1.52. The van der Waals surface area contributed by atoms with Crippen LogP contribution in [0.4, 0.5) is 0 Å². The molecule has 0 N–H and O–H groups in total. The molecule has 262 valence electrons. The molecular formula is C41H52N2O6. The second kappa shape index (κ2) is 16.6. The van der Waals surface area contributed by atoms with Crippen molar-refractivity contribution < 1.29 is 28.9 Å². The van der Waals surface area contributed by atoms with Gasteiger partial charge in [0.25, 0.3) is 0 Å². The van der Waals surface area contributed by atoms with Crippen molar-refractivity contribution in [1.29, 1.82) is 0 Å². The molecular weight excluding hydrogens is 616 g/mol. The summed E-state index contributed by atoms with van der Waals surface area (Å²) in [5.41, 5.74) is 5.14. The van der Waals surface area contributed by atoms with Gasteiger partial charge in [-0.05, 0) is 92.7 Å². The highest BCUT2D eigenvalue weighted by Crippen LogP contribution is 2.53. The fourth-order valence-electron chi connectivity index (χ4n) is 7.99. The average Bonchev–Trinajstić information content (AvgIpc) is 3.43. The smallest absolute Gasteiger partial charge is 0.318 e. The van der Waals surface area contributed by atoms with Crippen molar-refractivity contribution in [2.45, 2.75) is 136 Å². The number of unbranched alkanes of at least 4 members (excludes halogenated alkanes) is 2. The maximum atomic E-state index is 14.0. The SMILES string of the molecule is CCCCC/C(=N\OC(=O)C1CCCCC1)C(=O)c1ccc2c(c1)C(CC)(CC)c1cc(C(=O)/C(C)=N/OC(=O)C3CCCCC3)ccc1-2. The summed E-state index contributed by atoms with van der Waals surface area (Å²) in [6, 6.07) is 11.5. The van der Waals surface area contributed by atoms with E-state index in [0.717, 1.165) is 119 Å². The van der Waals surface area contributed by atoms with Crippen molar-refractivity contribution in [2.75, 3.05) is 0 Å². The summed E-state index contributed by atoms with van der Waals surface area (Å²) in [6.45, 7) is 7.95. The summed E-state index contributed by atoms with van der Waals surface area (Å²) in [6.07, 6.45) is 14.2. The summed E-state index contributed by atoms with van der Waals surface area (Å²) in [5, 5.41) is 8.14. The van der Waals surface area contributed by atoms with Crippen LogP contribution >= 0.6 is 0 Å². The first-order chi connectivity index (χ1) is 23.7. The van der Waals surface area contributed by atoms with Crippen LogP contribution in [0, 0.1) is 11.8 Å². The van der Waals surface area contributed by atoms with E-state index in [1.54, 1.807) is 13.0 Å². The van der Waals surface area contributed by atoms with Crippen molar-refractivity contribution in [3.8, 4) is 11.1 Å². The fourth-order valence-corrected chi connectivity index (χ4v) is 7.99. The standard InChI is InChI=1S/C41H52N2O6/c1-5-8-11-20-36(43-49-40(47)29-18-14-10-15-19-29)38(45)31-22-24-33-32-23-21-30(25-34(32)41(6-2,7-3)35(33)26-31)37(44)27(4)42-48-39(46)28-16-12-9-13-17-28/h21-26,28-29H,5-20H2,1-4H3/b42-27+,43-36+. The number of Topliss-reactive ketones (excluding diaryl/α,β-unsaturated/α-hetero) is 2. The fraction of sp³-hybridized carbons (Fsp3) is 0.561. The molecule has 0 aliphatic heterocycles. The summed E-state index contributed by atoms with van der Waals surface area (Å²) in [4.78, 5) is 63.5. The lowest BCUT2D eigenvalue weighted by Crippen LogP contribution is -2.25. The summed E-state index contributed by atoms with van der Waals surface area (Å²) < 4.78 is 0. The number of rotatable bonds is 14. The molecule has 0 radical (unpaired) electrons. The number of ketones is 2. The van der Waals surface area contributed by atoms with Crippen molar-refractivity contribution >= 4 is 34.9 Å². The predicted octanol–water partition coefficient (Wildman–Crippen LogP) is 9.70. The number of hydrogen-bond acceptors (Lipinski definition) is 8. The molecule has 0 amide bonds. The lowest BCUT2D eigenvalue weighted by atomic mass is 9.73. The van der Waals surface area contributed by atoms with Crippen molar-refractivity contribution in [3.63, 3.8) is 0 Å². The first kappa shape index (κ1) is 36.3. The Bertz CT molecular complexity index is 1610. The minimum atomic E-state index is -0.414. The molecule has 5 rings (SSSR count). The Morgan fingerprint density at radius 1 is 0.673 bits per heavy atom. The van der Waals surface area contributed by atoms with E-state index in [0.29, 0.717) is 17.5 Å². The van der Waals surface area contributed by atoms with Gasteiger partial charge in [-0.2, -0.15) is 0 Å². The Kier molecular flexibility index (Phi) is 12.3. The van der Waals surface area contributed by atoms with Gasteiger partial charge in [-0.3, -0.25) is 9.59 Å². The van der Waals surface area contributed by atoms with Crippen molar-refractivity contribution in [1.82, 2.24) is 0 Å². The summed E-state index contributed by atoms with van der Waals surface area (Å²) in [7, 11) is 0. The maximum Gasteiger partial charge on any atom is 0.338 e. The molecule has 0 heterocycles. The van der Waals surface area contributed by atoms with Gasteiger partial charge in [-0.15, -0.1) is 0 Å². The third kappa shape index (κ3) is 7.94. The topological polar surface area (TPSA) is 111 Å². The van der Waals surface area contributed by atoms with E-state index in [9.17, 15) is 19.2 Å². The second-order valence-corrected chi connectivity index (χ2v) is 14.1. The van der Waals surface area contributed by atoms with Gasteiger partial charge in [0.1, 0.15) is 11.4 Å². The highest BCUT2D eigenvalue weighted by molar-refractivity contribution is 6.46. The third-order valence-electron chi connectivity index (χ3n) is 11.1. The highest BCUT2D eigenvalue weighted by atomic mass is 16.7. The Morgan fingerprint density at radius 2 is 1.16 bits per heavy atom. The van der Waals surface area contributed by atoms with E-state index in [4.69, 9.17) is 9.68 Å². The van der Waals surface area contributed by atoms with Crippen LogP contribution in [0.3, 0.4) is 0 Å². The molecule has 49 heavy (non-hydrogen) atoms. The molecule has 2 fully saturated rings. The van der Waals surface area contributed by atoms with Gasteiger partial charge in [0.05, 0.1) is 11.8 Å². The Hall–Kier alpha value is -3.94. The molecule has 0 aromatic heterocycles. The second-order valence-electron chi connectivity index (χ2n) is 14.1. The Labute approximate surface area is 291 Å². The molecule has 0 atom stereocenters. The number of carbonyl (C=O) groups is 4.